The average Bonchev–Trinajstić information content (AvgIpc) is 3.25. The Labute approximate surface area is 193 Å². The summed E-state index contributed by atoms with van der Waals surface area (Å²) < 4.78 is 5.42. The quantitative estimate of drug-likeness (QED) is 0.302. The highest BCUT2D eigenvalue weighted by Crippen LogP contribution is 2.16. The maximum Gasteiger partial charge on any atom is 0.253 e. The monoisotopic (exact) mass is 528 g/mol. The fourth-order valence-corrected chi connectivity index (χ4v) is 3.20. The fraction of sp³-hybridized carbons (Fsp3) is 0.333. The summed E-state index contributed by atoms with van der Waals surface area (Å²) in [7, 11) is 1.72. The first-order chi connectivity index (χ1) is 13.7. The van der Waals surface area contributed by atoms with Crippen LogP contribution in [0.5, 0.6) is 0 Å². The number of nitrogens with zero attached hydrogens (tertiary/aromatic N) is 1. The molecule has 1 aliphatic rings. The first-order valence-corrected chi connectivity index (χ1v) is 9.73. The van der Waals surface area contributed by atoms with Crippen molar-refractivity contribution in [3.63, 3.8) is 0 Å². The lowest BCUT2D eigenvalue weighted by atomic mass is 10.2. The molecule has 1 atom stereocenters. The third kappa shape index (κ3) is 7.17. The SMILES string of the molecule is CN=C(NCc1cccc(NC(=O)C2CCCO2)c1)NCc1ccccc1Cl.I. The van der Waals surface area contributed by atoms with Crippen molar-refractivity contribution in [2.75, 3.05) is 19.0 Å². The number of benzene rings is 2. The number of amides is 1. The molecule has 0 radical (unpaired) electrons. The lowest BCUT2D eigenvalue weighted by Crippen LogP contribution is -2.36. The molecule has 0 saturated carbocycles. The van der Waals surface area contributed by atoms with Gasteiger partial charge >= 0.3 is 0 Å². The topological polar surface area (TPSA) is 74.8 Å². The Hall–Kier alpha value is -1.84. The molecule has 8 heteroatoms. The van der Waals surface area contributed by atoms with Crippen LogP contribution in [0.2, 0.25) is 5.02 Å². The summed E-state index contributed by atoms with van der Waals surface area (Å²) in [6.45, 7) is 1.81. The predicted molar refractivity (Wildman–Crippen MR) is 128 cm³/mol. The largest absolute Gasteiger partial charge is 0.368 e. The number of carbonyl (C=O) groups is 1. The molecule has 2 aromatic carbocycles. The summed E-state index contributed by atoms with van der Waals surface area (Å²) in [5.74, 6) is 0.591. The van der Waals surface area contributed by atoms with Crippen molar-refractivity contribution in [2.24, 2.45) is 4.99 Å². The number of rotatable bonds is 6. The van der Waals surface area contributed by atoms with Crippen LogP contribution in [0.15, 0.2) is 53.5 Å². The third-order valence-corrected chi connectivity index (χ3v) is 4.87. The molecule has 1 aliphatic heterocycles. The highest BCUT2D eigenvalue weighted by atomic mass is 127. The fourth-order valence-electron chi connectivity index (χ4n) is 2.99. The van der Waals surface area contributed by atoms with Gasteiger partial charge in [0.2, 0.25) is 0 Å². The van der Waals surface area contributed by atoms with Crippen LogP contribution in [-0.2, 0) is 22.6 Å². The molecule has 2 aromatic rings. The van der Waals surface area contributed by atoms with Crippen LogP contribution in [-0.4, -0.2) is 31.6 Å². The number of aliphatic imine (C=N–C) groups is 1. The molecule has 1 fully saturated rings. The van der Waals surface area contributed by atoms with Gasteiger partial charge in [0.25, 0.3) is 5.91 Å². The Balaban J connectivity index is 0.00000300. The number of hydrogen-bond acceptors (Lipinski definition) is 3. The van der Waals surface area contributed by atoms with Crippen LogP contribution >= 0.6 is 35.6 Å². The van der Waals surface area contributed by atoms with E-state index < -0.39 is 0 Å². The Kier molecular flexibility index (Phi) is 9.69. The molecule has 3 N–H and O–H groups in total. The summed E-state index contributed by atoms with van der Waals surface area (Å²) in [6.07, 6.45) is 1.37. The molecule has 1 unspecified atom stereocenters. The minimum Gasteiger partial charge on any atom is -0.368 e. The number of carbonyl (C=O) groups excluding carboxylic acids is 1. The van der Waals surface area contributed by atoms with Crippen LogP contribution in [0.1, 0.15) is 24.0 Å². The smallest absolute Gasteiger partial charge is 0.253 e. The van der Waals surface area contributed by atoms with Crippen LogP contribution in [0.3, 0.4) is 0 Å². The van der Waals surface area contributed by atoms with Crippen molar-refractivity contribution < 1.29 is 9.53 Å². The number of halogens is 2. The van der Waals surface area contributed by atoms with Gasteiger partial charge in [0.1, 0.15) is 6.10 Å². The molecule has 1 amide bonds. The highest BCUT2D eigenvalue weighted by Gasteiger charge is 2.23. The van der Waals surface area contributed by atoms with Gasteiger partial charge < -0.3 is 20.7 Å². The molecular formula is C21H26ClIN4O2. The highest BCUT2D eigenvalue weighted by molar-refractivity contribution is 14.0. The second-order valence-electron chi connectivity index (χ2n) is 6.56. The van der Waals surface area contributed by atoms with Gasteiger partial charge in [0, 0.05) is 37.5 Å². The van der Waals surface area contributed by atoms with Gasteiger partial charge in [-0.05, 0) is 42.2 Å². The summed E-state index contributed by atoms with van der Waals surface area (Å²) in [5, 5.41) is 10.2. The maximum atomic E-state index is 12.2. The number of anilines is 1. The van der Waals surface area contributed by atoms with Gasteiger partial charge in [-0.2, -0.15) is 0 Å². The first kappa shape index (κ1) is 23.4. The zero-order valence-electron chi connectivity index (χ0n) is 16.3. The zero-order valence-corrected chi connectivity index (χ0v) is 19.4. The van der Waals surface area contributed by atoms with E-state index in [4.69, 9.17) is 16.3 Å². The normalized spacial score (nSPS) is 16.1. The van der Waals surface area contributed by atoms with Gasteiger partial charge in [0.05, 0.1) is 0 Å². The van der Waals surface area contributed by atoms with Gasteiger partial charge in [-0.25, -0.2) is 0 Å². The summed E-state index contributed by atoms with van der Waals surface area (Å²) in [6, 6.07) is 15.4. The second-order valence-corrected chi connectivity index (χ2v) is 6.97. The van der Waals surface area contributed by atoms with Gasteiger partial charge in [0.15, 0.2) is 5.96 Å². The Morgan fingerprint density at radius 2 is 1.97 bits per heavy atom. The van der Waals surface area contributed by atoms with E-state index >= 15 is 0 Å². The molecule has 0 aromatic heterocycles. The van der Waals surface area contributed by atoms with Crippen molar-refractivity contribution in [1.82, 2.24) is 10.6 Å². The van der Waals surface area contributed by atoms with Crippen molar-refractivity contribution in [3.05, 3.63) is 64.7 Å². The van der Waals surface area contributed by atoms with E-state index in [0.29, 0.717) is 25.7 Å². The van der Waals surface area contributed by atoms with Crippen LogP contribution in [0.25, 0.3) is 0 Å². The lowest BCUT2D eigenvalue weighted by molar-refractivity contribution is -0.124. The maximum absolute atomic E-state index is 12.2. The number of guanidine groups is 1. The zero-order chi connectivity index (χ0) is 19.8. The van der Waals surface area contributed by atoms with Crippen molar-refractivity contribution in [2.45, 2.75) is 32.0 Å². The minimum absolute atomic E-state index is 0. The Bertz CT molecular complexity index is 841. The number of nitrogens with one attached hydrogen (secondary N) is 3. The minimum atomic E-state index is -0.338. The molecule has 29 heavy (non-hydrogen) atoms. The van der Waals surface area contributed by atoms with E-state index in [2.05, 4.69) is 20.9 Å². The molecule has 156 valence electrons. The Morgan fingerprint density at radius 3 is 2.69 bits per heavy atom. The van der Waals surface area contributed by atoms with E-state index in [1.807, 2.05) is 48.5 Å². The molecule has 3 rings (SSSR count). The van der Waals surface area contributed by atoms with Gasteiger partial charge in [-0.15, -0.1) is 24.0 Å². The summed E-state index contributed by atoms with van der Waals surface area (Å²) in [5.41, 5.74) is 2.80. The summed E-state index contributed by atoms with van der Waals surface area (Å²) in [4.78, 5) is 16.4. The molecule has 1 saturated heterocycles. The van der Waals surface area contributed by atoms with E-state index in [1.54, 1.807) is 7.05 Å². The van der Waals surface area contributed by atoms with Gasteiger partial charge in [-0.3, -0.25) is 9.79 Å². The van der Waals surface area contributed by atoms with Crippen LogP contribution in [0, 0.1) is 0 Å². The van der Waals surface area contributed by atoms with Crippen LogP contribution in [0.4, 0.5) is 5.69 Å². The van der Waals surface area contributed by atoms with E-state index in [-0.39, 0.29) is 36.0 Å². The summed E-state index contributed by atoms with van der Waals surface area (Å²) >= 11 is 6.19. The van der Waals surface area contributed by atoms with Crippen molar-refractivity contribution in [3.8, 4) is 0 Å². The molecule has 0 aliphatic carbocycles. The van der Waals surface area contributed by atoms with E-state index in [9.17, 15) is 4.79 Å². The third-order valence-electron chi connectivity index (χ3n) is 4.50. The first-order valence-electron chi connectivity index (χ1n) is 9.35. The second kappa shape index (κ2) is 12.0. The van der Waals surface area contributed by atoms with Crippen molar-refractivity contribution in [1.29, 1.82) is 0 Å². The predicted octanol–water partition coefficient (Wildman–Crippen LogP) is 3.94. The lowest BCUT2D eigenvalue weighted by Gasteiger charge is -2.14. The van der Waals surface area contributed by atoms with Crippen molar-refractivity contribution >= 4 is 53.1 Å². The number of ether oxygens (including phenoxy) is 1. The molecule has 0 spiro atoms. The van der Waals surface area contributed by atoms with E-state index in [0.717, 1.165) is 34.7 Å². The molecule has 0 bridgehead atoms. The average molecular weight is 529 g/mol. The van der Waals surface area contributed by atoms with E-state index in [1.165, 1.54) is 0 Å². The molecule has 1 heterocycles. The molecule has 6 nitrogen and oxygen atoms in total. The van der Waals surface area contributed by atoms with Gasteiger partial charge in [-0.1, -0.05) is 41.9 Å². The Morgan fingerprint density at radius 1 is 1.17 bits per heavy atom. The molecular weight excluding hydrogens is 503 g/mol. The number of hydrogen-bond donors (Lipinski definition) is 3. The standard InChI is InChI=1S/C21H25ClN4O2.HI/c1-23-21(25-14-16-7-2-3-9-18(16)22)24-13-15-6-4-8-17(12-15)26-20(27)19-10-5-11-28-19;/h2-4,6-9,12,19H,5,10-11,13-14H2,1H3,(H,26,27)(H2,23,24,25);1H. The van der Waals surface area contributed by atoms with Crippen LogP contribution < -0.4 is 16.0 Å².